The molecule has 3 aromatic rings. The van der Waals surface area contributed by atoms with Crippen molar-refractivity contribution in [3.8, 4) is 17.4 Å². The van der Waals surface area contributed by atoms with Gasteiger partial charge in [-0.25, -0.2) is 22.9 Å². The quantitative estimate of drug-likeness (QED) is 0.237. The second kappa shape index (κ2) is 14.3. The van der Waals surface area contributed by atoms with Gasteiger partial charge in [0.1, 0.15) is 35.3 Å². The van der Waals surface area contributed by atoms with Crippen molar-refractivity contribution in [2.75, 3.05) is 44.2 Å². The summed E-state index contributed by atoms with van der Waals surface area (Å²) >= 11 is 0. The van der Waals surface area contributed by atoms with E-state index in [0.717, 1.165) is 62.0 Å². The molecule has 0 atom stereocenters. The molecule has 3 aliphatic heterocycles. The summed E-state index contributed by atoms with van der Waals surface area (Å²) in [6, 6.07) is 4.48. The lowest BCUT2D eigenvalue weighted by Gasteiger charge is -2.58. The van der Waals surface area contributed by atoms with Crippen molar-refractivity contribution >= 4 is 17.8 Å². The molecule has 1 spiro atoms. The first-order valence-corrected chi connectivity index (χ1v) is 19.5. The topological polar surface area (TPSA) is 126 Å². The molecule has 5 heterocycles. The van der Waals surface area contributed by atoms with Crippen LogP contribution in [-0.2, 0) is 17.7 Å². The van der Waals surface area contributed by atoms with Crippen LogP contribution in [0.2, 0.25) is 0 Å². The van der Waals surface area contributed by atoms with Gasteiger partial charge in [0.05, 0.1) is 5.56 Å². The summed E-state index contributed by atoms with van der Waals surface area (Å²) in [5.74, 6) is -2.24. The predicted octanol–water partition coefficient (Wildman–Crippen LogP) is 6.12. The fourth-order valence-electron chi connectivity index (χ4n) is 8.79. The Bertz CT molecular complexity index is 1970. The van der Waals surface area contributed by atoms with E-state index in [1.54, 1.807) is 18.7 Å². The minimum absolute atomic E-state index is 0.0376. The van der Waals surface area contributed by atoms with Crippen LogP contribution < -0.4 is 14.4 Å². The van der Waals surface area contributed by atoms with Crippen molar-refractivity contribution in [3.63, 3.8) is 0 Å². The Morgan fingerprint density at radius 1 is 1.04 bits per heavy atom. The Morgan fingerprint density at radius 2 is 1.79 bits per heavy atom. The van der Waals surface area contributed by atoms with Gasteiger partial charge in [-0.3, -0.25) is 14.7 Å². The number of pyridine rings is 1. The van der Waals surface area contributed by atoms with E-state index < -0.39 is 48.2 Å². The molecule has 0 unspecified atom stereocenters. The second-order valence-electron chi connectivity index (χ2n) is 17.5. The Hall–Kier alpha value is -4.73. The molecule has 2 saturated carbocycles. The molecule has 4 fully saturated rings. The summed E-state index contributed by atoms with van der Waals surface area (Å²) in [7, 11) is 0. The third kappa shape index (κ3) is 7.81. The fraction of sp³-hybridized carbons (Fsp3) is 0.600. The number of fused-ring (bicyclic) bond motifs is 1. The molecule has 2 aromatic heterocycles. The van der Waals surface area contributed by atoms with Crippen molar-refractivity contribution in [2.45, 2.75) is 103 Å². The van der Waals surface area contributed by atoms with Gasteiger partial charge in [-0.2, -0.15) is 0 Å². The van der Waals surface area contributed by atoms with E-state index in [-0.39, 0.29) is 34.8 Å². The molecule has 1 aromatic carbocycles. The highest BCUT2D eigenvalue weighted by molar-refractivity contribution is 5.97. The largest absolute Gasteiger partial charge is 0.490 e. The molecule has 0 bridgehead atoms. The summed E-state index contributed by atoms with van der Waals surface area (Å²) in [6.45, 7) is 14.5. The van der Waals surface area contributed by atoms with E-state index in [9.17, 15) is 22.8 Å². The third-order valence-corrected chi connectivity index (χ3v) is 11.4. The van der Waals surface area contributed by atoms with Crippen molar-refractivity contribution in [3.05, 3.63) is 59.4 Å². The molecular formula is C40H49F3N8O5. The number of anilines is 1. The van der Waals surface area contributed by atoms with Crippen LogP contribution in [0.25, 0.3) is 0 Å². The van der Waals surface area contributed by atoms with Gasteiger partial charge in [-0.05, 0) is 71.7 Å². The second-order valence-corrected chi connectivity index (χ2v) is 17.5. The number of carbonyl (C=O) groups excluding carboxylic acids is 2. The monoisotopic (exact) mass is 778 g/mol. The zero-order valence-electron chi connectivity index (χ0n) is 32.5. The number of rotatable bonds is 10. The summed E-state index contributed by atoms with van der Waals surface area (Å²) in [5, 5.41) is 8.07. The maximum atomic E-state index is 14.5. The maximum Gasteiger partial charge on any atom is 0.410 e. The predicted molar refractivity (Wildman–Crippen MR) is 198 cm³/mol. The molecule has 56 heavy (non-hydrogen) atoms. The average molecular weight is 779 g/mol. The molecule has 2 saturated heterocycles. The highest BCUT2D eigenvalue weighted by atomic mass is 19.3. The van der Waals surface area contributed by atoms with Gasteiger partial charge in [0.25, 0.3) is 17.7 Å². The number of carbonyl (C=O) groups is 2. The molecule has 5 aliphatic rings. The van der Waals surface area contributed by atoms with Gasteiger partial charge in [0.2, 0.25) is 0 Å². The van der Waals surface area contributed by atoms with Gasteiger partial charge in [-0.1, -0.05) is 0 Å². The highest BCUT2D eigenvalue weighted by Gasteiger charge is 2.55. The lowest BCUT2D eigenvalue weighted by Crippen LogP contribution is -2.65. The van der Waals surface area contributed by atoms with E-state index >= 15 is 0 Å². The van der Waals surface area contributed by atoms with Crippen LogP contribution in [0.15, 0.2) is 36.8 Å². The van der Waals surface area contributed by atoms with Gasteiger partial charge >= 0.3 is 6.09 Å². The van der Waals surface area contributed by atoms with Crippen molar-refractivity contribution < 1.29 is 37.0 Å². The van der Waals surface area contributed by atoms with Gasteiger partial charge in [0, 0.05) is 106 Å². The third-order valence-electron chi connectivity index (χ3n) is 11.4. The zero-order valence-corrected chi connectivity index (χ0v) is 32.5. The van der Waals surface area contributed by atoms with Crippen molar-refractivity contribution in [2.24, 2.45) is 11.3 Å². The number of hydrogen-bond acceptors (Lipinski definition) is 11. The van der Waals surface area contributed by atoms with Gasteiger partial charge in [-0.15, -0.1) is 10.2 Å². The first-order valence-electron chi connectivity index (χ1n) is 19.5. The van der Waals surface area contributed by atoms with Crippen LogP contribution in [0, 0.1) is 17.2 Å². The maximum absolute atomic E-state index is 14.5. The smallest absolute Gasteiger partial charge is 0.410 e. The Morgan fingerprint density at radius 3 is 2.48 bits per heavy atom. The minimum Gasteiger partial charge on any atom is -0.490 e. The normalized spacial score (nSPS) is 20.7. The Labute approximate surface area is 324 Å². The summed E-state index contributed by atoms with van der Waals surface area (Å²) in [4.78, 5) is 42.8. The lowest BCUT2D eigenvalue weighted by atomic mass is 9.61. The number of likely N-dealkylation sites (tertiary alicyclic amines) is 1. The average Bonchev–Trinajstić information content (AvgIpc) is 3.06. The number of ether oxygens (including phenoxy) is 3. The van der Waals surface area contributed by atoms with Crippen LogP contribution in [0.4, 0.5) is 23.8 Å². The lowest BCUT2D eigenvalue weighted by molar-refractivity contribution is -0.120. The van der Waals surface area contributed by atoms with Crippen LogP contribution in [0.5, 0.6) is 17.4 Å². The van der Waals surface area contributed by atoms with Crippen molar-refractivity contribution in [1.29, 1.82) is 0 Å². The van der Waals surface area contributed by atoms with Gasteiger partial charge < -0.3 is 28.9 Å². The number of hydrogen-bond donors (Lipinski definition) is 0. The molecule has 2 amide bonds. The first kappa shape index (κ1) is 38.2. The van der Waals surface area contributed by atoms with Crippen LogP contribution in [0.3, 0.4) is 0 Å². The number of nitrogens with zero attached hydrogens (tertiary/aromatic N) is 8. The van der Waals surface area contributed by atoms with Crippen LogP contribution >= 0.6 is 0 Å². The number of benzene rings is 1. The van der Waals surface area contributed by atoms with Gasteiger partial charge in [0.15, 0.2) is 5.82 Å². The zero-order chi connectivity index (χ0) is 39.6. The number of aromatic nitrogens is 4. The van der Waals surface area contributed by atoms with E-state index in [1.165, 1.54) is 23.4 Å². The molecule has 13 nitrogen and oxygen atoms in total. The first-order chi connectivity index (χ1) is 26.5. The van der Waals surface area contributed by atoms with E-state index in [2.05, 4.69) is 25.1 Å². The van der Waals surface area contributed by atoms with E-state index in [1.807, 2.05) is 37.9 Å². The summed E-state index contributed by atoms with van der Waals surface area (Å²) < 4.78 is 60.3. The summed E-state index contributed by atoms with van der Waals surface area (Å²) in [6.07, 6.45) is 4.65. The van der Waals surface area contributed by atoms with E-state index in [4.69, 9.17) is 14.2 Å². The number of halogens is 3. The van der Waals surface area contributed by atoms with E-state index in [0.29, 0.717) is 37.9 Å². The molecule has 300 valence electrons. The van der Waals surface area contributed by atoms with Crippen LogP contribution in [0.1, 0.15) is 81.9 Å². The Balaban J connectivity index is 0.865. The van der Waals surface area contributed by atoms with Crippen LogP contribution in [-0.4, -0.2) is 116 Å². The van der Waals surface area contributed by atoms with Crippen molar-refractivity contribution in [1.82, 2.24) is 34.9 Å². The molecule has 2 aliphatic carbocycles. The number of amides is 2. The SMILES string of the molecule is CC(C)N(C(=O)c1cc(F)ccc1Oc1nncnc1N1CC2(CC(Oc3ccnc4c3CN(CC3CN(C(=O)OC(C)(C)C)C3)CC4)C2)C1)C1CC(F)(F)C1. The molecule has 0 N–H and O–H groups in total. The Kier molecular flexibility index (Phi) is 9.77. The molecule has 8 rings (SSSR count). The number of alkyl halides is 2. The fourth-order valence-corrected chi connectivity index (χ4v) is 8.79. The molecular weight excluding hydrogens is 729 g/mol. The summed E-state index contributed by atoms with van der Waals surface area (Å²) in [5.41, 5.74) is 1.65. The molecule has 0 radical (unpaired) electrons. The minimum atomic E-state index is -2.83. The highest BCUT2D eigenvalue weighted by Crippen LogP contribution is 2.52. The standard InChI is InChI=1S/C40H49F3N8O5/c1-24(2)51(27-13-40(42,43)14-27)36(52)29-12-26(41)6-7-32(29)55-35-34(45-23-46-47-35)50-21-39(22-50)15-28(16-39)54-33-8-10-44-31-9-11-48(20-30(31)33)17-25-18-49(19-25)37(53)56-38(3,4)5/h6-8,10,12,23-25,27-28H,9,11,13-22H2,1-5H3. The molecule has 16 heteroatoms.